The number of methoxy groups -OCH3 is 1. The van der Waals surface area contributed by atoms with Gasteiger partial charge in [-0.1, -0.05) is 5.16 Å². The molecule has 2 rings (SSSR count). The van der Waals surface area contributed by atoms with E-state index in [0.29, 0.717) is 29.4 Å². The van der Waals surface area contributed by atoms with Gasteiger partial charge in [-0.05, 0) is 35.0 Å². The van der Waals surface area contributed by atoms with Gasteiger partial charge in [0, 0.05) is 17.8 Å². The number of anilines is 1. The first-order valence-electron chi connectivity index (χ1n) is 5.89. The van der Waals surface area contributed by atoms with E-state index in [1.54, 1.807) is 38.3 Å². The van der Waals surface area contributed by atoms with Crippen molar-refractivity contribution in [3.63, 3.8) is 0 Å². The Kier molecular flexibility index (Phi) is 4.62. The minimum Gasteiger partial charge on any atom is -0.495 e. The first-order chi connectivity index (χ1) is 9.58. The van der Waals surface area contributed by atoms with E-state index in [1.807, 2.05) is 0 Å². The van der Waals surface area contributed by atoms with E-state index in [4.69, 9.17) is 9.26 Å². The number of benzene rings is 1. The van der Waals surface area contributed by atoms with E-state index in [9.17, 15) is 4.79 Å². The van der Waals surface area contributed by atoms with Crippen LogP contribution in [0, 0.1) is 6.92 Å². The Balaban J connectivity index is 1.91. The van der Waals surface area contributed by atoms with Crippen molar-refractivity contribution >= 4 is 27.6 Å². The SMILES string of the molecule is COc1cc(NC(=O)NCc2cc(C)on2)ccc1Br. The number of urea groups is 1. The van der Waals surface area contributed by atoms with Crippen LogP contribution in [-0.2, 0) is 6.54 Å². The number of amides is 2. The van der Waals surface area contributed by atoms with Gasteiger partial charge in [0.25, 0.3) is 0 Å². The Bertz CT molecular complexity index is 613. The fourth-order valence-corrected chi connectivity index (χ4v) is 1.99. The van der Waals surface area contributed by atoms with Crippen LogP contribution in [0.3, 0.4) is 0 Å². The lowest BCUT2D eigenvalue weighted by Gasteiger charge is -2.09. The third-order valence-corrected chi connectivity index (χ3v) is 3.17. The molecule has 2 aromatic rings. The molecular weight excluding hydrogens is 326 g/mol. The normalized spacial score (nSPS) is 10.2. The fraction of sp³-hybridized carbons (Fsp3) is 0.231. The predicted octanol–water partition coefficient (Wildman–Crippen LogP) is 3.08. The Morgan fingerprint density at radius 3 is 2.90 bits per heavy atom. The molecule has 2 N–H and O–H groups in total. The molecule has 1 aromatic carbocycles. The van der Waals surface area contributed by atoms with E-state index < -0.39 is 0 Å². The van der Waals surface area contributed by atoms with Crippen LogP contribution in [0.5, 0.6) is 5.75 Å². The van der Waals surface area contributed by atoms with Crippen molar-refractivity contribution in [2.45, 2.75) is 13.5 Å². The number of halogens is 1. The molecule has 0 radical (unpaired) electrons. The van der Waals surface area contributed by atoms with Crippen LogP contribution >= 0.6 is 15.9 Å². The van der Waals surface area contributed by atoms with Crippen molar-refractivity contribution < 1.29 is 14.1 Å². The molecule has 1 heterocycles. The number of hydrogen-bond donors (Lipinski definition) is 2. The second-order valence-electron chi connectivity index (χ2n) is 4.09. The van der Waals surface area contributed by atoms with Crippen molar-refractivity contribution in [3.05, 3.63) is 40.2 Å². The molecule has 0 aliphatic carbocycles. The van der Waals surface area contributed by atoms with Gasteiger partial charge < -0.3 is 19.9 Å². The number of rotatable bonds is 4. The van der Waals surface area contributed by atoms with Crippen molar-refractivity contribution in [1.29, 1.82) is 0 Å². The summed E-state index contributed by atoms with van der Waals surface area (Å²) in [5, 5.41) is 9.19. The highest BCUT2D eigenvalue weighted by Gasteiger charge is 2.06. The molecule has 20 heavy (non-hydrogen) atoms. The second kappa shape index (κ2) is 6.42. The monoisotopic (exact) mass is 339 g/mol. The second-order valence-corrected chi connectivity index (χ2v) is 4.94. The van der Waals surface area contributed by atoms with Gasteiger partial charge in [0.1, 0.15) is 17.2 Å². The van der Waals surface area contributed by atoms with E-state index >= 15 is 0 Å². The van der Waals surface area contributed by atoms with Crippen LogP contribution < -0.4 is 15.4 Å². The van der Waals surface area contributed by atoms with Crippen LogP contribution in [-0.4, -0.2) is 18.3 Å². The smallest absolute Gasteiger partial charge is 0.319 e. The predicted molar refractivity (Wildman–Crippen MR) is 77.8 cm³/mol. The molecule has 0 bridgehead atoms. The zero-order valence-electron chi connectivity index (χ0n) is 11.1. The summed E-state index contributed by atoms with van der Waals surface area (Å²) < 4.78 is 10.9. The third-order valence-electron chi connectivity index (χ3n) is 2.52. The van der Waals surface area contributed by atoms with Gasteiger partial charge in [0.05, 0.1) is 18.1 Å². The van der Waals surface area contributed by atoms with Crippen LogP contribution in [0.2, 0.25) is 0 Å². The molecule has 0 aliphatic rings. The molecule has 7 heteroatoms. The molecule has 0 saturated carbocycles. The van der Waals surface area contributed by atoms with Crippen LogP contribution in [0.25, 0.3) is 0 Å². The summed E-state index contributed by atoms with van der Waals surface area (Å²) in [6.45, 7) is 2.10. The molecule has 0 atom stereocenters. The molecule has 6 nitrogen and oxygen atoms in total. The maximum absolute atomic E-state index is 11.7. The van der Waals surface area contributed by atoms with E-state index in [0.717, 1.165) is 4.47 Å². The summed E-state index contributed by atoms with van der Waals surface area (Å²) in [5.41, 5.74) is 1.31. The number of nitrogens with one attached hydrogen (secondary N) is 2. The topological polar surface area (TPSA) is 76.4 Å². The van der Waals surface area contributed by atoms with Gasteiger partial charge in [-0.3, -0.25) is 0 Å². The Hall–Kier alpha value is -2.02. The fourth-order valence-electron chi connectivity index (χ4n) is 1.58. The lowest BCUT2D eigenvalue weighted by molar-refractivity contribution is 0.251. The van der Waals surface area contributed by atoms with Crippen molar-refractivity contribution in [1.82, 2.24) is 10.5 Å². The molecule has 0 aliphatic heterocycles. The number of nitrogens with zero attached hydrogens (tertiary/aromatic N) is 1. The van der Waals surface area contributed by atoms with Crippen LogP contribution in [0.15, 0.2) is 33.3 Å². The highest BCUT2D eigenvalue weighted by atomic mass is 79.9. The average molecular weight is 340 g/mol. The molecular formula is C13H14BrN3O3. The molecule has 2 amide bonds. The van der Waals surface area contributed by atoms with Crippen molar-refractivity contribution in [2.24, 2.45) is 0 Å². The molecule has 0 spiro atoms. The standard InChI is InChI=1S/C13H14BrN3O3/c1-8-5-10(17-20-8)7-15-13(18)16-9-3-4-11(14)12(6-9)19-2/h3-6H,7H2,1-2H3,(H2,15,16,18). The molecule has 0 saturated heterocycles. The van der Waals surface area contributed by atoms with Gasteiger partial charge in [-0.15, -0.1) is 0 Å². The molecule has 1 aromatic heterocycles. The summed E-state index contributed by atoms with van der Waals surface area (Å²) in [6, 6.07) is 6.74. The van der Waals surface area contributed by atoms with Crippen LogP contribution in [0.1, 0.15) is 11.5 Å². The summed E-state index contributed by atoms with van der Waals surface area (Å²) in [6.07, 6.45) is 0. The van der Waals surface area contributed by atoms with Gasteiger partial charge in [0.2, 0.25) is 0 Å². The number of aryl methyl sites for hydroxylation is 1. The average Bonchev–Trinajstić information content (AvgIpc) is 2.84. The Labute approximate surface area is 124 Å². The Morgan fingerprint density at radius 1 is 1.45 bits per heavy atom. The minimum atomic E-state index is -0.324. The van der Waals surface area contributed by atoms with Gasteiger partial charge in [0.15, 0.2) is 0 Å². The maximum Gasteiger partial charge on any atom is 0.319 e. The lowest BCUT2D eigenvalue weighted by Crippen LogP contribution is -2.28. The molecule has 106 valence electrons. The number of hydrogen-bond acceptors (Lipinski definition) is 4. The summed E-state index contributed by atoms with van der Waals surface area (Å²) in [5.74, 6) is 1.36. The summed E-state index contributed by atoms with van der Waals surface area (Å²) in [4.78, 5) is 11.7. The van der Waals surface area contributed by atoms with Gasteiger partial charge in [-0.25, -0.2) is 4.79 Å². The van der Waals surface area contributed by atoms with Crippen molar-refractivity contribution in [2.75, 3.05) is 12.4 Å². The zero-order valence-corrected chi connectivity index (χ0v) is 12.7. The van der Waals surface area contributed by atoms with Gasteiger partial charge >= 0.3 is 6.03 Å². The van der Waals surface area contributed by atoms with Crippen molar-refractivity contribution in [3.8, 4) is 5.75 Å². The highest BCUT2D eigenvalue weighted by molar-refractivity contribution is 9.10. The van der Waals surface area contributed by atoms with Crippen LogP contribution in [0.4, 0.5) is 10.5 Å². The highest BCUT2D eigenvalue weighted by Crippen LogP contribution is 2.27. The number of aromatic nitrogens is 1. The number of ether oxygens (including phenoxy) is 1. The van der Waals surface area contributed by atoms with E-state index in [-0.39, 0.29) is 6.03 Å². The third kappa shape index (κ3) is 3.74. The zero-order chi connectivity index (χ0) is 14.5. The van der Waals surface area contributed by atoms with E-state index in [2.05, 4.69) is 31.7 Å². The quantitative estimate of drug-likeness (QED) is 0.897. The largest absolute Gasteiger partial charge is 0.495 e. The Morgan fingerprint density at radius 2 is 2.25 bits per heavy atom. The summed E-state index contributed by atoms with van der Waals surface area (Å²) >= 11 is 3.35. The first kappa shape index (κ1) is 14.4. The van der Waals surface area contributed by atoms with Gasteiger partial charge in [-0.2, -0.15) is 0 Å². The first-order valence-corrected chi connectivity index (χ1v) is 6.68. The molecule has 0 unspecified atom stereocenters. The number of carbonyl (C=O) groups is 1. The maximum atomic E-state index is 11.7. The minimum absolute atomic E-state index is 0.302. The lowest BCUT2D eigenvalue weighted by atomic mass is 10.3. The number of carbonyl (C=O) groups excluding carboxylic acids is 1. The summed E-state index contributed by atoms with van der Waals surface area (Å²) in [7, 11) is 1.57. The molecule has 0 fully saturated rings. The van der Waals surface area contributed by atoms with E-state index in [1.165, 1.54) is 0 Å².